The Morgan fingerprint density at radius 2 is 1.71 bits per heavy atom. The Labute approximate surface area is 481 Å². The third-order valence-electron chi connectivity index (χ3n) is 19.6. The summed E-state index contributed by atoms with van der Waals surface area (Å²) in [4.78, 5) is 75.5. The monoisotopic (exact) mass is 1140 g/mol. The second-order valence-electron chi connectivity index (χ2n) is 24.0. The molecule has 2 amide bonds. The van der Waals surface area contributed by atoms with E-state index in [0.717, 1.165) is 27.8 Å². The Bertz CT molecular complexity index is 2790. The normalized spacial score (nSPS) is 31.6. The number of anilines is 1. The van der Waals surface area contributed by atoms with Crippen molar-refractivity contribution in [3.63, 3.8) is 0 Å². The molecule has 2 aromatic carbocycles. The highest BCUT2D eigenvalue weighted by molar-refractivity contribution is 5.96. The first-order valence-electron chi connectivity index (χ1n) is 29.6. The third kappa shape index (κ3) is 10.5. The summed E-state index contributed by atoms with van der Waals surface area (Å²) >= 11 is 0. The highest BCUT2D eigenvalue weighted by Gasteiger charge is 2.78. The number of aliphatic hydroxyl groups is 4. The standard InChI is InChI=1S/C62H87N5O15/c1-9-41(35-68)82-51(78-7)36-81-50(70)20-14-19-49(69)64-38(4)52(71)80-28-16-24-63-56(73)62(76)54-60(23-27-67-25-15-22-59(11-3,53(60)67)55(62)72)45-30-46(48(77-6)31-47(45)65(54)5)61(57(74)79-8)33-39-32-58(75,10-2)37-66(34-39)26-21-43-42-18-13-12-17-40(42)29-44(43)61/h12-13,15,17-18,22,30-31,38-39,41,51,53-55,68,72,75-76H,9-11,14,16,19-21,23-29,32-37H2,1-8H3,(H,63,73)(H,64,69)/t38?,39?,41?,51?,53?,54?,55-,58?,59-,60?,61-,62+/m1/s1. The van der Waals surface area contributed by atoms with Crippen LogP contribution in [0.25, 0.3) is 5.57 Å². The maximum Gasteiger partial charge on any atom is 0.328 e. The summed E-state index contributed by atoms with van der Waals surface area (Å²) < 4.78 is 33.9. The molecule has 3 fully saturated rings. The molecule has 2 saturated heterocycles. The van der Waals surface area contributed by atoms with Gasteiger partial charge in [-0.2, -0.15) is 0 Å². The number of nitrogens with one attached hydrogen (secondary N) is 2. The number of amides is 2. The van der Waals surface area contributed by atoms with Crippen molar-refractivity contribution in [1.82, 2.24) is 20.4 Å². The predicted molar refractivity (Wildman–Crippen MR) is 303 cm³/mol. The van der Waals surface area contributed by atoms with Crippen LogP contribution in [0.3, 0.4) is 0 Å². The van der Waals surface area contributed by atoms with Crippen LogP contribution in [-0.4, -0.2) is 195 Å². The Balaban J connectivity index is 0.957. The van der Waals surface area contributed by atoms with Crippen LogP contribution in [-0.2, 0) is 64.9 Å². The average molecular weight is 1140 g/mol. The summed E-state index contributed by atoms with van der Waals surface area (Å²) in [5.74, 6) is -2.59. The zero-order valence-electron chi connectivity index (χ0n) is 49.1. The molecule has 5 aliphatic heterocycles. The van der Waals surface area contributed by atoms with Crippen LogP contribution in [0.4, 0.5) is 5.69 Å². The van der Waals surface area contributed by atoms with Gasteiger partial charge in [-0.3, -0.25) is 29.0 Å². The van der Waals surface area contributed by atoms with Gasteiger partial charge in [-0.1, -0.05) is 57.2 Å². The maximum absolute atomic E-state index is 15.6. The Morgan fingerprint density at radius 1 is 0.927 bits per heavy atom. The lowest BCUT2D eigenvalue weighted by molar-refractivity contribution is -0.203. The van der Waals surface area contributed by atoms with Gasteiger partial charge in [0.15, 0.2) is 11.9 Å². The van der Waals surface area contributed by atoms with Crippen molar-refractivity contribution in [3.8, 4) is 5.75 Å². The SMILES string of the molecule is CCC(CO)OC(COC(=O)CCCC(=O)NC(C)C(=O)OCCCNC(=O)[C@]1(O)C2N(C)c3cc(OC)c([C@@]4(C(=O)OC)CC5CN(CCC6=C4Cc4ccccc46)CC(O)(CC)C5)cc3C23CCN2CC=C[C@](CC)(C23)[C@H]1O)OC. The molecule has 6 N–H and O–H groups in total. The topological polar surface area (TPSA) is 255 Å². The number of rotatable bonds is 23. The van der Waals surface area contributed by atoms with E-state index in [4.69, 9.17) is 28.4 Å². The molecule has 2 bridgehead atoms. The van der Waals surface area contributed by atoms with Gasteiger partial charge in [0.05, 0.1) is 45.2 Å². The number of carbonyl (C=O) groups excluding carboxylic acids is 5. The minimum Gasteiger partial charge on any atom is -0.496 e. The highest BCUT2D eigenvalue weighted by Crippen LogP contribution is 2.68. The van der Waals surface area contributed by atoms with E-state index in [1.807, 2.05) is 63.1 Å². The van der Waals surface area contributed by atoms with Gasteiger partial charge in [0.1, 0.15) is 29.9 Å². The Hall–Kier alpha value is -5.45. The fraction of sp³-hybridized carbons (Fsp3) is 0.661. The molecule has 2 aromatic rings. The molecule has 7 aliphatic rings. The number of aliphatic hydroxyl groups excluding tert-OH is 2. The number of piperidine rings is 1. The molecule has 2 aliphatic carbocycles. The average Bonchev–Trinajstić information content (AvgIpc) is 3.18. The number of ether oxygens (including phenoxy) is 6. The van der Waals surface area contributed by atoms with Crippen molar-refractivity contribution in [1.29, 1.82) is 0 Å². The van der Waals surface area contributed by atoms with E-state index in [1.54, 1.807) is 7.11 Å². The lowest BCUT2D eigenvalue weighted by atomic mass is 9.47. The third-order valence-corrected chi connectivity index (χ3v) is 19.6. The van der Waals surface area contributed by atoms with E-state index in [-0.39, 0.29) is 64.0 Å². The summed E-state index contributed by atoms with van der Waals surface area (Å²) in [7, 11) is 6.28. The van der Waals surface area contributed by atoms with Gasteiger partial charge >= 0.3 is 17.9 Å². The van der Waals surface area contributed by atoms with E-state index in [1.165, 1.54) is 21.1 Å². The van der Waals surface area contributed by atoms with Gasteiger partial charge in [0.2, 0.25) is 5.91 Å². The molecule has 9 unspecified atom stereocenters. The smallest absolute Gasteiger partial charge is 0.328 e. The molecule has 1 saturated carbocycles. The van der Waals surface area contributed by atoms with Crippen molar-refractivity contribution in [3.05, 3.63) is 76.4 Å². The minimum atomic E-state index is -2.41. The fourth-order valence-electron chi connectivity index (χ4n) is 15.8. The first-order chi connectivity index (χ1) is 39.3. The second kappa shape index (κ2) is 24.6. The lowest BCUT2D eigenvalue weighted by Gasteiger charge is -2.63. The first kappa shape index (κ1) is 61.1. The van der Waals surface area contributed by atoms with Crippen molar-refractivity contribution >= 4 is 41.0 Å². The van der Waals surface area contributed by atoms with Gasteiger partial charge in [-0.05, 0) is 117 Å². The number of hydrogen-bond acceptors (Lipinski definition) is 18. The van der Waals surface area contributed by atoms with Crippen molar-refractivity contribution in [2.24, 2.45) is 11.3 Å². The number of hydrogen-bond donors (Lipinski definition) is 6. The molecule has 450 valence electrons. The molecule has 13 atom stereocenters. The summed E-state index contributed by atoms with van der Waals surface area (Å²) in [5, 5.41) is 53.6. The van der Waals surface area contributed by atoms with Crippen molar-refractivity contribution < 1.29 is 72.8 Å². The van der Waals surface area contributed by atoms with Gasteiger partial charge in [0, 0.05) is 93.9 Å². The van der Waals surface area contributed by atoms with Gasteiger partial charge in [0.25, 0.3) is 5.91 Å². The van der Waals surface area contributed by atoms with E-state index in [9.17, 15) is 34.8 Å². The van der Waals surface area contributed by atoms with Crippen LogP contribution in [0.5, 0.6) is 5.75 Å². The van der Waals surface area contributed by atoms with E-state index in [0.29, 0.717) is 101 Å². The molecular weight excluding hydrogens is 1050 g/mol. The summed E-state index contributed by atoms with van der Waals surface area (Å²) in [5.41, 5.74) is -0.330. The number of likely N-dealkylation sites (N-methyl/N-ethyl adjacent to an activating group) is 1. The van der Waals surface area contributed by atoms with Crippen LogP contribution >= 0.6 is 0 Å². The van der Waals surface area contributed by atoms with Gasteiger partial charge < -0.3 is 64.4 Å². The first-order valence-corrected chi connectivity index (χ1v) is 29.6. The molecule has 1 spiro atoms. The van der Waals surface area contributed by atoms with Crippen molar-refractivity contribution in [2.75, 3.05) is 92.4 Å². The maximum atomic E-state index is 15.6. The molecule has 20 nitrogen and oxygen atoms in total. The van der Waals surface area contributed by atoms with Crippen LogP contribution in [0.1, 0.15) is 121 Å². The molecule has 9 rings (SSSR count). The van der Waals surface area contributed by atoms with Crippen LogP contribution in [0, 0.1) is 11.3 Å². The molecule has 82 heavy (non-hydrogen) atoms. The number of fused-ring (bicyclic) bond motifs is 5. The van der Waals surface area contributed by atoms with Gasteiger partial charge in [-0.25, -0.2) is 4.79 Å². The Kier molecular flexibility index (Phi) is 18.4. The highest BCUT2D eigenvalue weighted by atomic mass is 16.7. The van der Waals surface area contributed by atoms with Crippen molar-refractivity contribution in [2.45, 2.75) is 163 Å². The molecule has 0 aromatic heterocycles. The van der Waals surface area contributed by atoms with Crippen LogP contribution < -0.4 is 20.3 Å². The minimum absolute atomic E-state index is 0.0258. The second-order valence-corrected chi connectivity index (χ2v) is 24.0. The fourth-order valence-corrected chi connectivity index (χ4v) is 15.8. The molecule has 0 radical (unpaired) electrons. The molecule has 20 heteroatoms. The Morgan fingerprint density at radius 3 is 2.41 bits per heavy atom. The molecular formula is C62H87N5O15. The summed E-state index contributed by atoms with van der Waals surface area (Å²) in [6, 6.07) is 10.0. The number of esters is 3. The van der Waals surface area contributed by atoms with Crippen LogP contribution in [0.15, 0.2) is 54.1 Å². The summed E-state index contributed by atoms with van der Waals surface area (Å²) in [6.07, 6.45) is 5.37. The molecule has 5 heterocycles. The number of nitrogens with zero attached hydrogens (tertiary/aromatic N) is 3. The zero-order valence-corrected chi connectivity index (χ0v) is 49.1. The predicted octanol–water partition coefficient (Wildman–Crippen LogP) is 3.60. The zero-order chi connectivity index (χ0) is 58.9. The van der Waals surface area contributed by atoms with E-state index >= 15 is 9.59 Å². The number of methoxy groups -OCH3 is 3. The lowest BCUT2D eigenvalue weighted by Crippen LogP contribution is -2.81. The van der Waals surface area contributed by atoms with Gasteiger partial charge in [-0.15, -0.1) is 0 Å². The van der Waals surface area contributed by atoms with E-state index < -0.39 is 87.8 Å². The van der Waals surface area contributed by atoms with Crippen LogP contribution in [0.2, 0.25) is 0 Å². The largest absolute Gasteiger partial charge is 0.496 e. The van der Waals surface area contributed by atoms with E-state index in [2.05, 4.69) is 38.6 Å². The quantitative estimate of drug-likeness (QED) is 0.0306. The number of carbonyl (C=O) groups is 5. The summed E-state index contributed by atoms with van der Waals surface area (Å²) in [6.45, 7) is 9.95. The number of benzene rings is 2.